The van der Waals surface area contributed by atoms with Crippen molar-refractivity contribution in [3.63, 3.8) is 0 Å². The summed E-state index contributed by atoms with van der Waals surface area (Å²) in [6.07, 6.45) is 0.843. The van der Waals surface area contributed by atoms with Crippen LogP contribution >= 0.6 is 0 Å². The number of benzene rings is 2. The zero-order valence-electron chi connectivity index (χ0n) is 11.8. The predicted molar refractivity (Wildman–Crippen MR) is 79.6 cm³/mol. The SMILES string of the molecule is CN(CC(=O)c1ccc2c(c1)CCO2)c1cccc(F)c1. The van der Waals surface area contributed by atoms with Gasteiger partial charge in [0.15, 0.2) is 5.78 Å². The van der Waals surface area contributed by atoms with E-state index in [0.717, 1.165) is 17.7 Å². The van der Waals surface area contributed by atoms with Gasteiger partial charge in [0.05, 0.1) is 13.2 Å². The number of likely N-dealkylation sites (N-methyl/N-ethyl adjacent to an activating group) is 1. The summed E-state index contributed by atoms with van der Waals surface area (Å²) in [5.41, 5.74) is 2.43. The highest BCUT2D eigenvalue weighted by Crippen LogP contribution is 2.26. The minimum atomic E-state index is -0.304. The van der Waals surface area contributed by atoms with Crippen LogP contribution in [-0.4, -0.2) is 26.0 Å². The second-order valence-corrected chi connectivity index (χ2v) is 5.18. The predicted octanol–water partition coefficient (Wildman–Crippen LogP) is 3.08. The van der Waals surface area contributed by atoms with Gasteiger partial charge in [-0.3, -0.25) is 4.79 Å². The van der Waals surface area contributed by atoms with Crippen LogP contribution in [0.4, 0.5) is 10.1 Å². The van der Waals surface area contributed by atoms with E-state index in [1.165, 1.54) is 12.1 Å². The van der Waals surface area contributed by atoms with Crippen LogP contribution in [0.3, 0.4) is 0 Å². The van der Waals surface area contributed by atoms with Crippen LogP contribution in [0.25, 0.3) is 0 Å². The van der Waals surface area contributed by atoms with E-state index in [1.54, 1.807) is 30.1 Å². The van der Waals surface area contributed by atoms with Gasteiger partial charge in [-0.2, -0.15) is 0 Å². The molecule has 0 amide bonds. The van der Waals surface area contributed by atoms with Crippen LogP contribution < -0.4 is 9.64 Å². The Morgan fingerprint density at radius 3 is 2.95 bits per heavy atom. The Morgan fingerprint density at radius 2 is 2.14 bits per heavy atom. The molecule has 2 aromatic rings. The van der Waals surface area contributed by atoms with E-state index in [1.807, 2.05) is 12.1 Å². The van der Waals surface area contributed by atoms with E-state index in [0.29, 0.717) is 17.9 Å². The molecule has 0 aromatic heterocycles. The van der Waals surface area contributed by atoms with Crippen molar-refractivity contribution in [2.75, 3.05) is 25.1 Å². The van der Waals surface area contributed by atoms with Gasteiger partial charge in [-0.25, -0.2) is 4.39 Å². The van der Waals surface area contributed by atoms with Gasteiger partial charge < -0.3 is 9.64 Å². The van der Waals surface area contributed by atoms with Gasteiger partial charge in [0, 0.05) is 24.7 Å². The van der Waals surface area contributed by atoms with Gasteiger partial charge in [0.1, 0.15) is 11.6 Å². The van der Waals surface area contributed by atoms with Crippen molar-refractivity contribution in [1.29, 1.82) is 0 Å². The first-order valence-corrected chi connectivity index (χ1v) is 6.89. The fourth-order valence-electron chi connectivity index (χ4n) is 2.47. The molecule has 2 aromatic carbocycles. The van der Waals surface area contributed by atoms with Crippen molar-refractivity contribution in [3.05, 3.63) is 59.4 Å². The maximum atomic E-state index is 13.2. The van der Waals surface area contributed by atoms with Crippen molar-refractivity contribution < 1.29 is 13.9 Å². The average Bonchev–Trinajstić information content (AvgIpc) is 2.94. The molecular formula is C17H16FNO2. The summed E-state index contributed by atoms with van der Waals surface area (Å²) >= 11 is 0. The Balaban J connectivity index is 1.74. The van der Waals surface area contributed by atoms with E-state index in [9.17, 15) is 9.18 Å². The number of anilines is 1. The van der Waals surface area contributed by atoms with Crippen molar-refractivity contribution in [2.24, 2.45) is 0 Å². The first-order valence-electron chi connectivity index (χ1n) is 6.89. The number of hydrogen-bond donors (Lipinski definition) is 0. The number of carbonyl (C=O) groups excluding carboxylic acids is 1. The molecule has 21 heavy (non-hydrogen) atoms. The van der Waals surface area contributed by atoms with Gasteiger partial charge in [-0.15, -0.1) is 0 Å². The first kappa shape index (κ1) is 13.6. The van der Waals surface area contributed by atoms with E-state index in [2.05, 4.69) is 0 Å². The van der Waals surface area contributed by atoms with E-state index < -0.39 is 0 Å². The molecule has 0 bridgehead atoms. The van der Waals surface area contributed by atoms with Crippen LogP contribution in [-0.2, 0) is 6.42 Å². The molecule has 0 radical (unpaired) electrons. The molecule has 0 aliphatic carbocycles. The second-order valence-electron chi connectivity index (χ2n) is 5.18. The lowest BCUT2D eigenvalue weighted by molar-refractivity contribution is 0.1000. The Kier molecular flexibility index (Phi) is 3.60. The van der Waals surface area contributed by atoms with Crippen LogP contribution in [0.5, 0.6) is 5.75 Å². The summed E-state index contributed by atoms with van der Waals surface area (Å²) in [6.45, 7) is 0.888. The van der Waals surface area contributed by atoms with Crippen molar-refractivity contribution in [1.82, 2.24) is 0 Å². The van der Waals surface area contributed by atoms with Gasteiger partial charge >= 0.3 is 0 Å². The molecule has 3 nitrogen and oxygen atoms in total. The largest absolute Gasteiger partial charge is 0.493 e. The Morgan fingerprint density at radius 1 is 1.29 bits per heavy atom. The minimum Gasteiger partial charge on any atom is -0.493 e. The normalized spacial score (nSPS) is 12.7. The fourth-order valence-corrected chi connectivity index (χ4v) is 2.47. The lowest BCUT2D eigenvalue weighted by Crippen LogP contribution is -2.25. The topological polar surface area (TPSA) is 29.5 Å². The zero-order chi connectivity index (χ0) is 14.8. The van der Waals surface area contributed by atoms with Crippen LogP contribution in [0.2, 0.25) is 0 Å². The molecule has 0 fully saturated rings. The van der Waals surface area contributed by atoms with E-state index >= 15 is 0 Å². The minimum absolute atomic E-state index is 0.0106. The summed E-state index contributed by atoms with van der Waals surface area (Å²) < 4.78 is 18.6. The molecule has 108 valence electrons. The van der Waals surface area contributed by atoms with Crippen molar-refractivity contribution in [3.8, 4) is 5.75 Å². The highest BCUT2D eigenvalue weighted by Gasteiger charge is 2.16. The smallest absolute Gasteiger partial charge is 0.182 e. The van der Waals surface area contributed by atoms with Crippen LogP contribution in [0.15, 0.2) is 42.5 Å². The van der Waals surface area contributed by atoms with Crippen molar-refractivity contribution in [2.45, 2.75) is 6.42 Å². The molecule has 0 spiro atoms. The molecule has 3 rings (SSSR count). The summed E-state index contributed by atoms with van der Waals surface area (Å²) in [7, 11) is 1.78. The Labute approximate surface area is 123 Å². The summed E-state index contributed by atoms with van der Waals surface area (Å²) in [5.74, 6) is 0.572. The molecule has 0 saturated carbocycles. The number of ketones is 1. The van der Waals surface area contributed by atoms with Crippen LogP contribution in [0.1, 0.15) is 15.9 Å². The maximum Gasteiger partial charge on any atom is 0.182 e. The Bertz CT molecular complexity index is 684. The number of fused-ring (bicyclic) bond motifs is 1. The van der Waals surface area contributed by atoms with E-state index in [4.69, 9.17) is 4.74 Å². The summed E-state index contributed by atoms with van der Waals surface area (Å²) in [5, 5.41) is 0. The monoisotopic (exact) mass is 285 g/mol. The number of hydrogen-bond acceptors (Lipinski definition) is 3. The lowest BCUT2D eigenvalue weighted by atomic mass is 10.1. The maximum absolute atomic E-state index is 13.2. The molecule has 0 saturated heterocycles. The van der Waals surface area contributed by atoms with Gasteiger partial charge in [0.2, 0.25) is 0 Å². The molecule has 0 atom stereocenters. The third-order valence-electron chi connectivity index (χ3n) is 3.64. The number of halogens is 1. The van der Waals surface area contributed by atoms with Gasteiger partial charge in [0.25, 0.3) is 0 Å². The summed E-state index contributed by atoms with van der Waals surface area (Å²) in [4.78, 5) is 14.1. The van der Waals surface area contributed by atoms with Crippen molar-refractivity contribution >= 4 is 11.5 Å². The molecule has 1 aliphatic rings. The molecule has 4 heteroatoms. The number of carbonyl (C=O) groups is 1. The quantitative estimate of drug-likeness (QED) is 0.809. The number of nitrogens with zero attached hydrogens (tertiary/aromatic N) is 1. The second kappa shape index (κ2) is 5.56. The zero-order valence-corrected chi connectivity index (χ0v) is 11.8. The highest BCUT2D eigenvalue weighted by molar-refractivity contribution is 5.99. The van der Waals surface area contributed by atoms with Gasteiger partial charge in [-0.1, -0.05) is 6.07 Å². The molecule has 1 heterocycles. The number of ether oxygens (including phenoxy) is 1. The highest BCUT2D eigenvalue weighted by atomic mass is 19.1. The molecule has 0 N–H and O–H groups in total. The lowest BCUT2D eigenvalue weighted by Gasteiger charge is -2.18. The standard InChI is InChI=1S/C17H16FNO2/c1-19(15-4-2-3-14(18)10-15)11-16(20)12-5-6-17-13(9-12)7-8-21-17/h2-6,9-10H,7-8,11H2,1H3. The van der Waals surface area contributed by atoms with Gasteiger partial charge in [-0.05, 0) is 42.0 Å². The fraction of sp³-hybridized carbons (Fsp3) is 0.235. The third-order valence-corrected chi connectivity index (χ3v) is 3.64. The molecule has 0 unspecified atom stereocenters. The number of Topliss-reactive ketones (excluding diaryl/α,β-unsaturated/α-hetero) is 1. The molecule has 1 aliphatic heterocycles. The summed E-state index contributed by atoms with van der Waals surface area (Å²) in [6, 6.07) is 11.8. The van der Waals surface area contributed by atoms with E-state index in [-0.39, 0.29) is 18.1 Å². The third kappa shape index (κ3) is 2.89. The Hall–Kier alpha value is -2.36. The van der Waals surface area contributed by atoms with Crippen LogP contribution in [0, 0.1) is 5.82 Å². The average molecular weight is 285 g/mol. The first-order chi connectivity index (χ1) is 10.1. The molecular weight excluding hydrogens is 269 g/mol. The number of rotatable bonds is 4.